The third-order valence-corrected chi connectivity index (χ3v) is 4.26. The number of halogens is 1. The molecule has 1 N–H and O–H groups in total. The second kappa shape index (κ2) is 5.40. The van der Waals surface area contributed by atoms with Crippen LogP contribution in [0.4, 0.5) is 0 Å². The molecular weight excluding hydrogens is 278 g/mol. The highest BCUT2D eigenvalue weighted by Gasteiger charge is 2.21. The summed E-state index contributed by atoms with van der Waals surface area (Å²) in [6, 6.07) is 4.91. The van der Waals surface area contributed by atoms with Gasteiger partial charge in [-0.05, 0) is 58.4 Å². The maximum atomic E-state index is 5.46. The molecular formula is C14H20BrNO. The van der Waals surface area contributed by atoms with Crippen LogP contribution < -0.4 is 10.1 Å². The summed E-state index contributed by atoms with van der Waals surface area (Å²) >= 11 is 3.67. The first kappa shape index (κ1) is 12.9. The highest BCUT2D eigenvalue weighted by atomic mass is 79.9. The second-order valence-electron chi connectivity index (χ2n) is 4.93. The first-order chi connectivity index (χ1) is 8.13. The topological polar surface area (TPSA) is 21.3 Å². The molecule has 0 spiro atoms. The molecule has 1 unspecified atom stereocenters. The van der Waals surface area contributed by atoms with E-state index < -0.39 is 0 Å². The largest absolute Gasteiger partial charge is 0.496 e. The van der Waals surface area contributed by atoms with Crippen molar-refractivity contribution in [1.29, 1.82) is 0 Å². The van der Waals surface area contributed by atoms with Gasteiger partial charge in [0.25, 0.3) is 0 Å². The molecule has 94 valence electrons. The molecule has 0 aliphatic carbocycles. The summed E-state index contributed by atoms with van der Waals surface area (Å²) in [4.78, 5) is 0. The Morgan fingerprint density at radius 2 is 2.18 bits per heavy atom. The van der Waals surface area contributed by atoms with Gasteiger partial charge < -0.3 is 10.1 Å². The molecule has 1 aromatic carbocycles. The zero-order chi connectivity index (χ0) is 12.4. The van der Waals surface area contributed by atoms with Crippen molar-refractivity contribution in [3.8, 4) is 5.75 Å². The molecule has 0 saturated carbocycles. The van der Waals surface area contributed by atoms with Crippen LogP contribution in [0.2, 0.25) is 0 Å². The van der Waals surface area contributed by atoms with Crippen molar-refractivity contribution in [1.82, 2.24) is 5.32 Å². The van der Waals surface area contributed by atoms with Gasteiger partial charge in [0.15, 0.2) is 0 Å². The SMILES string of the molecule is COc1cc(C(C)C)cc(C2CCCN2)c1Br. The lowest BCUT2D eigenvalue weighted by Crippen LogP contribution is -2.14. The van der Waals surface area contributed by atoms with Gasteiger partial charge in [-0.3, -0.25) is 0 Å². The Bertz CT molecular complexity index is 397. The fraction of sp³-hybridized carbons (Fsp3) is 0.571. The van der Waals surface area contributed by atoms with Gasteiger partial charge in [-0.15, -0.1) is 0 Å². The van der Waals surface area contributed by atoms with E-state index in [1.807, 2.05) is 0 Å². The second-order valence-corrected chi connectivity index (χ2v) is 5.72. The highest BCUT2D eigenvalue weighted by Crippen LogP contribution is 2.38. The van der Waals surface area contributed by atoms with Gasteiger partial charge in [-0.1, -0.05) is 19.9 Å². The zero-order valence-corrected chi connectivity index (χ0v) is 12.3. The van der Waals surface area contributed by atoms with Crippen molar-refractivity contribution >= 4 is 15.9 Å². The number of nitrogens with one attached hydrogen (secondary N) is 1. The standard InChI is InChI=1S/C14H20BrNO/c1-9(2)10-7-11(12-5-4-6-16-12)14(15)13(8-10)17-3/h7-9,12,16H,4-6H2,1-3H3. The lowest BCUT2D eigenvalue weighted by Gasteiger charge is -2.18. The molecule has 1 aromatic rings. The molecule has 1 fully saturated rings. The van der Waals surface area contributed by atoms with E-state index in [0.717, 1.165) is 16.8 Å². The van der Waals surface area contributed by atoms with Gasteiger partial charge in [-0.2, -0.15) is 0 Å². The number of hydrogen-bond acceptors (Lipinski definition) is 2. The van der Waals surface area contributed by atoms with Gasteiger partial charge in [0, 0.05) is 6.04 Å². The van der Waals surface area contributed by atoms with E-state index in [4.69, 9.17) is 4.74 Å². The van der Waals surface area contributed by atoms with E-state index >= 15 is 0 Å². The number of rotatable bonds is 3. The Hall–Kier alpha value is -0.540. The van der Waals surface area contributed by atoms with Crippen molar-refractivity contribution < 1.29 is 4.74 Å². The van der Waals surface area contributed by atoms with Gasteiger partial charge in [0.05, 0.1) is 11.6 Å². The molecule has 0 bridgehead atoms. The molecule has 1 aliphatic rings. The van der Waals surface area contributed by atoms with E-state index in [0.29, 0.717) is 12.0 Å². The van der Waals surface area contributed by atoms with E-state index in [9.17, 15) is 0 Å². The summed E-state index contributed by atoms with van der Waals surface area (Å²) in [6.07, 6.45) is 2.47. The maximum absolute atomic E-state index is 5.46. The predicted molar refractivity (Wildman–Crippen MR) is 74.8 cm³/mol. The van der Waals surface area contributed by atoms with Crippen LogP contribution in [0.15, 0.2) is 16.6 Å². The molecule has 0 amide bonds. The summed E-state index contributed by atoms with van der Waals surface area (Å²) in [5.74, 6) is 1.47. The minimum absolute atomic E-state index is 0.469. The number of hydrogen-bond donors (Lipinski definition) is 1. The highest BCUT2D eigenvalue weighted by molar-refractivity contribution is 9.10. The summed E-state index contributed by atoms with van der Waals surface area (Å²) in [5.41, 5.74) is 2.68. The lowest BCUT2D eigenvalue weighted by molar-refractivity contribution is 0.409. The van der Waals surface area contributed by atoms with Crippen molar-refractivity contribution in [3.63, 3.8) is 0 Å². The fourth-order valence-corrected chi connectivity index (χ4v) is 2.99. The van der Waals surface area contributed by atoms with E-state index in [-0.39, 0.29) is 0 Å². The Labute approximate surface area is 112 Å². The first-order valence-corrected chi connectivity index (χ1v) is 7.03. The van der Waals surface area contributed by atoms with Crippen LogP contribution in [0.1, 0.15) is 49.8 Å². The fourth-order valence-electron chi connectivity index (χ4n) is 2.33. The Morgan fingerprint density at radius 1 is 1.41 bits per heavy atom. The van der Waals surface area contributed by atoms with Crippen LogP contribution in [0.25, 0.3) is 0 Å². The molecule has 1 atom stereocenters. The van der Waals surface area contributed by atoms with Crippen molar-refractivity contribution in [2.24, 2.45) is 0 Å². The summed E-state index contributed by atoms with van der Waals surface area (Å²) < 4.78 is 6.56. The zero-order valence-electron chi connectivity index (χ0n) is 10.7. The molecule has 1 heterocycles. The average Bonchev–Trinajstić information content (AvgIpc) is 2.82. The Kier molecular flexibility index (Phi) is 4.10. The van der Waals surface area contributed by atoms with Gasteiger partial charge in [-0.25, -0.2) is 0 Å². The van der Waals surface area contributed by atoms with Crippen LogP contribution in [0.5, 0.6) is 5.75 Å². The van der Waals surface area contributed by atoms with E-state index in [1.165, 1.54) is 24.0 Å². The van der Waals surface area contributed by atoms with Gasteiger partial charge in [0.1, 0.15) is 5.75 Å². The monoisotopic (exact) mass is 297 g/mol. The molecule has 3 heteroatoms. The smallest absolute Gasteiger partial charge is 0.133 e. The number of ether oxygens (including phenoxy) is 1. The summed E-state index contributed by atoms with van der Waals surface area (Å²) in [5, 5.41) is 3.55. The molecule has 1 saturated heterocycles. The number of methoxy groups -OCH3 is 1. The molecule has 17 heavy (non-hydrogen) atoms. The van der Waals surface area contributed by atoms with Crippen LogP contribution in [0, 0.1) is 0 Å². The molecule has 2 rings (SSSR count). The third-order valence-electron chi connectivity index (χ3n) is 3.41. The molecule has 2 nitrogen and oxygen atoms in total. The quantitative estimate of drug-likeness (QED) is 0.910. The Balaban J connectivity index is 2.44. The van der Waals surface area contributed by atoms with Crippen LogP contribution in [0.3, 0.4) is 0 Å². The molecule has 0 aromatic heterocycles. The van der Waals surface area contributed by atoms with Gasteiger partial charge >= 0.3 is 0 Å². The van der Waals surface area contributed by atoms with Gasteiger partial charge in [0.2, 0.25) is 0 Å². The molecule has 1 aliphatic heterocycles. The van der Waals surface area contributed by atoms with E-state index in [2.05, 4.69) is 47.2 Å². The van der Waals surface area contributed by atoms with Crippen molar-refractivity contribution in [2.75, 3.05) is 13.7 Å². The lowest BCUT2D eigenvalue weighted by atomic mass is 9.96. The van der Waals surface area contributed by atoms with E-state index in [1.54, 1.807) is 7.11 Å². The summed E-state index contributed by atoms with van der Waals surface area (Å²) in [6.45, 7) is 5.55. The maximum Gasteiger partial charge on any atom is 0.133 e. The summed E-state index contributed by atoms with van der Waals surface area (Å²) in [7, 11) is 1.73. The third kappa shape index (κ3) is 2.66. The minimum Gasteiger partial charge on any atom is -0.496 e. The van der Waals surface area contributed by atoms with Crippen molar-refractivity contribution in [2.45, 2.75) is 38.6 Å². The average molecular weight is 298 g/mol. The number of benzene rings is 1. The normalized spacial score (nSPS) is 19.9. The Morgan fingerprint density at radius 3 is 2.71 bits per heavy atom. The predicted octanol–water partition coefficient (Wildman–Crippen LogP) is 4.01. The first-order valence-electron chi connectivity index (χ1n) is 6.24. The van der Waals surface area contributed by atoms with Crippen LogP contribution >= 0.6 is 15.9 Å². The minimum atomic E-state index is 0.469. The van der Waals surface area contributed by atoms with Crippen LogP contribution in [-0.2, 0) is 0 Å². The van der Waals surface area contributed by atoms with Crippen molar-refractivity contribution in [3.05, 3.63) is 27.7 Å². The van der Waals surface area contributed by atoms with Crippen LogP contribution in [-0.4, -0.2) is 13.7 Å². The molecule has 0 radical (unpaired) electrons.